The molecule has 0 spiro atoms. The molecule has 0 amide bonds. The van der Waals surface area contributed by atoms with Gasteiger partial charge in [0.05, 0.1) is 0 Å². The Bertz CT molecular complexity index is 533. The predicted octanol–water partition coefficient (Wildman–Crippen LogP) is 6.65. The van der Waals surface area contributed by atoms with E-state index in [1.165, 1.54) is 81.5 Å². The molecule has 0 bridgehead atoms. The Morgan fingerprint density at radius 3 is 2.19 bits per heavy atom. The Hall–Kier alpha value is -0.581. The number of carbonyl (C=O) groups excluding carboxylic acids is 1. The first-order valence-electron chi connectivity index (χ1n) is 10.9. The van der Waals surface area contributed by atoms with E-state index in [-0.39, 0.29) is 5.97 Å². The predicted molar refractivity (Wildman–Crippen MR) is 109 cm³/mol. The first-order chi connectivity index (χ1) is 12.8. The molecule has 0 aliphatic heterocycles. The molecule has 1 heterocycles. The van der Waals surface area contributed by atoms with Gasteiger partial charge in [-0.1, -0.05) is 0 Å². The zero-order valence-electron chi connectivity index (χ0n) is 16.4. The minimum absolute atomic E-state index is 0.0684. The molecule has 0 saturated heterocycles. The zero-order valence-corrected chi connectivity index (χ0v) is 19.3. The standard InChI is InChI=1S/C6H5NO2.2C6H11.C4H9.Sn/c8-6(9)5-2-1-3-7-4-5;2*1-2-4-6-5-3-1;1-3-4-2;/h1-4H,(H,8,9);2*1H,2-6H2;1,3-4H2,2H3;/q;;;;+1/p-1. The Balaban J connectivity index is 1.89. The van der Waals surface area contributed by atoms with Gasteiger partial charge in [-0.2, -0.15) is 0 Å². The topological polar surface area (TPSA) is 39.2 Å². The Morgan fingerprint density at radius 2 is 1.69 bits per heavy atom. The molecule has 0 aromatic carbocycles. The molecule has 144 valence electrons. The van der Waals surface area contributed by atoms with Crippen LogP contribution < -0.4 is 0 Å². The second-order valence-corrected chi connectivity index (χ2v) is 20.5. The summed E-state index contributed by atoms with van der Waals surface area (Å²) >= 11 is -3.10. The van der Waals surface area contributed by atoms with Crippen molar-refractivity contribution in [1.82, 2.24) is 4.98 Å². The van der Waals surface area contributed by atoms with Gasteiger partial charge in [0, 0.05) is 0 Å². The van der Waals surface area contributed by atoms with Crippen molar-refractivity contribution in [1.29, 1.82) is 0 Å². The second kappa shape index (κ2) is 10.1. The van der Waals surface area contributed by atoms with Crippen LogP contribution in [-0.4, -0.2) is 29.7 Å². The number of carbonyl (C=O) groups is 1. The number of rotatable bonds is 7. The summed E-state index contributed by atoms with van der Waals surface area (Å²) in [7, 11) is 0. The molecule has 26 heavy (non-hydrogen) atoms. The second-order valence-electron chi connectivity index (χ2n) is 8.36. The summed E-state index contributed by atoms with van der Waals surface area (Å²) < 4.78 is 9.47. The van der Waals surface area contributed by atoms with E-state index in [0.29, 0.717) is 5.56 Å². The van der Waals surface area contributed by atoms with Crippen LogP contribution >= 0.6 is 0 Å². The van der Waals surface area contributed by atoms with Gasteiger partial charge >= 0.3 is 164 Å². The maximum atomic E-state index is 13.1. The molecule has 0 radical (unpaired) electrons. The van der Waals surface area contributed by atoms with Gasteiger partial charge in [-0.15, -0.1) is 0 Å². The number of pyridine rings is 1. The van der Waals surface area contributed by atoms with Crippen molar-refractivity contribution < 1.29 is 7.87 Å². The van der Waals surface area contributed by atoms with Crippen LogP contribution in [0.5, 0.6) is 0 Å². The van der Waals surface area contributed by atoms with Gasteiger partial charge in [-0.3, -0.25) is 0 Å². The third-order valence-electron chi connectivity index (χ3n) is 6.69. The van der Waals surface area contributed by atoms with Gasteiger partial charge in [-0.25, -0.2) is 0 Å². The normalized spacial score (nSPS) is 20.0. The molecule has 2 aliphatic carbocycles. The van der Waals surface area contributed by atoms with Crippen molar-refractivity contribution in [2.45, 2.75) is 96.3 Å². The molecule has 4 heteroatoms. The van der Waals surface area contributed by atoms with Crippen LogP contribution in [0, 0.1) is 0 Å². The average molecular weight is 464 g/mol. The molecule has 1 aromatic heterocycles. The molecule has 0 atom stereocenters. The van der Waals surface area contributed by atoms with Gasteiger partial charge in [0.2, 0.25) is 0 Å². The number of aromatic nitrogens is 1. The van der Waals surface area contributed by atoms with Crippen LogP contribution in [0.4, 0.5) is 0 Å². The van der Waals surface area contributed by atoms with Crippen LogP contribution in [0.2, 0.25) is 12.3 Å². The molecule has 0 unspecified atom stereocenters. The zero-order chi connectivity index (χ0) is 18.2. The molecule has 3 nitrogen and oxygen atoms in total. The van der Waals surface area contributed by atoms with Gasteiger partial charge in [0.25, 0.3) is 0 Å². The number of hydrogen-bond donors (Lipinski definition) is 0. The summed E-state index contributed by atoms with van der Waals surface area (Å²) in [5.74, 6) is -0.0684. The van der Waals surface area contributed by atoms with E-state index in [0.717, 1.165) is 7.87 Å². The SMILES string of the molecule is CCC[CH2][Sn]([O]C(=O)c1cccnc1)([CH]1CCCCC1)[CH]1CCCCC1. The van der Waals surface area contributed by atoms with E-state index in [1.807, 2.05) is 12.1 Å². The van der Waals surface area contributed by atoms with Crippen molar-refractivity contribution in [3.63, 3.8) is 0 Å². The molecular weight excluding hydrogens is 429 g/mol. The van der Waals surface area contributed by atoms with Crippen molar-refractivity contribution in [3.8, 4) is 0 Å². The molecule has 2 saturated carbocycles. The summed E-state index contributed by atoms with van der Waals surface area (Å²) in [6.07, 6.45) is 19.2. The van der Waals surface area contributed by atoms with Gasteiger partial charge in [-0.05, 0) is 0 Å². The van der Waals surface area contributed by atoms with Gasteiger partial charge in [0.1, 0.15) is 0 Å². The van der Waals surface area contributed by atoms with Crippen molar-refractivity contribution in [2.24, 2.45) is 0 Å². The van der Waals surface area contributed by atoms with Gasteiger partial charge in [0.15, 0.2) is 0 Å². The fourth-order valence-electron chi connectivity index (χ4n) is 5.31. The summed E-state index contributed by atoms with van der Waals surface area (Å²) in [5, 5.41) is 0. The minimum atomic E-state index is -3.10. The van der Waals surface area contributed by atoms with Crippen LogP contribution in [-0.2, 0) is 3.07 Å². The van der Waals surface area contributed by atoms with Crippen molar-refractivity contribution in [2.75, 3.05) is 0 Å². The summed E-state index contributed by atoms with van der Waals surface area (Å²) in [5.41, 5.74) is 0.650. The van der Waals surface area contributed by atoms with E-state index in [1.54, 1.807) is 12.4 Å². The van der Waals surface area contributed by atoms with E-state index < -0.39 is 18.8 Å². The summed E-state index contributed by atoms with van der Waals surface area (Å²) in [4.78, 5) is 17.2. The third-order valence-corrected chi connectivity index (χ3v) is 22.7. The first-order valence-corrected chi connectivity index (χ1v) is 17.4. The molecule has 2 aliphatic rings. The van der Waals surface area contributed by atoms with Crippen LogP contribution in [0.1, 0.15) is 94.3 Å². The first kappa shape index (κ1) is 20.2. The van der Waals surface area contributed by atoms with Crippen molar-refractivity contribution >= 4 is 24.8 Å². The molecular formula is C22H35NO2Sn. The monoisotopic (exact) mass is 465 g/mol. The number of nitrogens with zero attached hydrogens (tertiary/aromatic N) is 1. The van der Waals surface area contributed by atoms with Crippen LogP contribution in [0.3, 0.4) is 0 Å². The quantitative estimate of drug-likeness (QED) is 0.424. The van der Waals surface area contributed by atoms with Crippen LogP contribution in [0.15, 0.2) is 24.5 Å². The number of hydrogen-bond acceptors (Lipinski definition) is 3. The fraction of sp³-hybridized carbons (Fsp3) is 0.727. The molecule has 3 rings (SSSR count). The Kier molecular flexibility index (Phi) is 7.83. The molecule has 1 aromatic rings. The van der Waals surface area contributed by atoms with E-state index in [4.69, 9.17) is 3.07 Å². The van der Waals surface area contributed by atoms with Crippen molar-refractivity contribution in [3.05, 3.63) is 30.1 Å². The molecule has 2 fully saturated rings. The van der Waals surface area contributed by atoms with E-state index in [2.05, 4.69) is 11.9 Å². The van der Waals surface area contributed by atoms with E-state index in [9.17, 15) is 4.79 Å². The molecule has 0 N–H and O–H groups in total. The number of unbranched alkanes of at least 4 members (excludes halogenated alkanes) is 1. The maximum absolute atomic E-state index is 13.1. The average Bonchev–Trinajstić information content (AvgIpc) is 2.73. The Labute approximate surface area is 163 Å². The van der Waals surface area contributed by atoms with Gasteiger partial charge < -0.3 is 0 Å². The Morgan fingerprint density at radius 1 is 1.08 bits per heavy atom. The third kappa shape index (κ3) is 4.82. The summed E-state index contributed by atoms with van der Waals surface area (Å²) in [6.45, 7) is 2.28. The van der Waals surface area contributed by atoms with Crippen LogP contribution in [0.25, 0.3) is 0 Å². The van der Waals surface area contributed by atoms with E-state index >= 15 is 0 Å². The fourth-order valence-corrected chi connectivity index (χ4v) is 22.6. The summed E-state index contributed by atoms with van der Waals surface area (Å²) in [6, 6.07) is 3.72.